The third-order valence-corrected chi connectivity index (χ3v) is 6.71. The highest BCUT2D eigenvalue weighted by atomic mass is 127. The summed E-state index contributed by atoms with van der Waals surface area (Å²) in [4.78, 5) is 5.09. The summed E-state index contributed by atoms with van der Waals surface area (Å²) >= 11 is 1.23. The van der Waals surface area contributed by atoms with Crippen LogP contribution in [0.4, 0.5) is 5.69 Å². The highest BCUT2D eigenvalue weighted by molar-refractivity contribution is 14.0. The number of nitrogens with zero attached hydrogens (tertiary/aromatic N) is 1. The Kier molecular flexibility index (Phi) is 9.08. The van der Waals surface area contributed by atoms with Crippen LogP contribution in [0.5, 0.6) is 11.5 Å². The van der Waals surface area contributed by atoms with Crippen LogP contribution in [0.2, 0.25) is 0 Å². The predicted molar refractivity (Wildman–Crippen MR) is 133 cm³/mol. The number of para-hydroxylation sites is 1. The Bertz CT molecular complexity index is 1090. The lowest BCUT2D eigenvalue weighted by Crippen LogP contribution is -2.28. The molecule has 3 rings (SSSR count). The van der Waals surface area contributed by atoms with Crippen molar-refractivity contribution in [3.05, 3.63) is 71.6 Å². The first-order chi connectivity index (χ1) is 13.9. The molecule has 0 radical (unpaired) electrons. The van der Waals surface area contributed by atoms with Crippen molar-refractivity contribution in [3.8, 4) is 11.5 Å². The maximum Gasteiger partial charge on any atom is 0.250 e. The summed E-state index contributed by atoms with van der Waals surface area (Å²) in [6.45, 7) is 2.22. The lowest BCUT2D eigenvalue weighted by Gasteiger charge is -2.09. The zero-order valence-electron chi connectivity index (χ0n) is 16.2. The van der Waals surface area contributed by atoms with E-state index in [4.69, 9.17) is 10.5 Å². The third kappa shape index (κ3) is 7.27. The van der Waals surface area contributed by atoms with Crippen molar-refractivity contribution in [2.45, 2.75) is 11.1 Å². The van der Waals surface area contributed by atoms with E-state index in [0.29, 0.717) is 15.6 Å². The van der Waals surface area contributed by atoms with E-state index in [1.54, 1.807) is 18.2 Å². The fourth-order valence-electron chi connectivity index (χ4n) is 2.43. The zero-order valence-corrected chi connectivity index (χ0v) is 20.2. The summed E-state index contributed by atoms with van der Waals surface area (Å²) in [5.41, 5.74) is 6.61. The molecule has 1 aromatic heterocycles. The van der Waals surface area contributed by atoms with Crippen molar-refractivity contribution < 1.29 is 13.2 Å². The zero-order chi connectivity index (χ0) is 20.7. The topological polar surface area (TPSA) is 106 Å². The Morgan fingerprint density at radius 1 is 1.07 bits per heavy atom. The number of sulfonamides is 1. The van der Waals surface area contributed by atoms with Crippen molar-refractivity contribution in [2.75, 3.05) is 18.4 Å². The van der Waals surface area contributed by atoms with Crippen LogP contribution >= 0.6 is 35.3 Å². The van der Waals surface area contributed by atoms with Crippen molar-refractivity contribution in [3.63, 3.8) is 0 Å². The van der Waals surface area contributed by atoms with Crippen molar-refractivity contribution in [1.29, 1.82) is 0 Å². The SMILES string of the molecule is Cc1ccc(S(=O)(=O)NCCN=C(N)Nc2cccc(Oc3ccccc3)c2)s1.I. The molecule has 160 valence electrons. The molecule has 0 saturated heterocycles. The van der Waals surface area contributed by atoms with Gasteiger partial charge in [-0.2, -0.15) is 0 Å². The highest BCUT2D eigenvalue weighted by Crippen LogP contribution is 2.23. The molecule has 0 fully saturated rings. The van der Waals surface area contributed by atoms with Crippen LogP contribution < -0.4 is 20.5 Å². The number of guanidine groups is 1. The molecule has 7 nitrogen and oxygen atoms in total. The summed E-state index contributed by atoms with van der Waals surface area (Å²) in [5, 5.41) is 2.97. The van der Waals surface area contributed by atoms with E-state index in [0.717, 1.165) is 10.6 Å². The van der Waals surface area contributed by atoms with Crippen LogP contribution in [0.25, 0.3) is 0 Å². The second-order valence-corrected chi connectivity index (χ2v) is 9.38. The molecule has 0 aliphatic rings. The number of thiophene rings is 1. The summed E-state index contributed by atoms with van der Waals surface area (Å²) in [5.74, 6) is 1.58. The normalized spacial score (nSPS) is 11.6. The van der Waals surface area contributed by atoms with E-state index in [-0.39, 0.29) is 43.0 Å². The maximum absolute atomic E-state index is 12.2. The number of hydrogen-bond acceptors (Lipinski definition) is 5. The molecule has 0 unspecified atom stereocenters. The number of anilines is 1. The van der Waals surface area contributed by atoms with Crippen LogP contribution in [0.1, 0.15) is 4.88 Å². The Morgan fingerprint density at radius 2 is 1.80 bits per heavy atom. The maximum atomic E-state index is 12.2. The second-order valence-electron chi connectivity index (χ2n) is 6.10. The van der Waals surface area contributed by atoms with Gasteiger partial charge < -0.3 is 15.8 Å². The first-order valence-electron chi connectivity index (χ1n) is 8.88. The Hall–Kier alpha value is -2.15. The minimum absolute atomic E-state index is 0. The Balaban J connectivity index is 0.00000320. The number of benzene rings is 2. The monoisotopic (exact) mass is 558 g/mol. The fourth-order valence-corrected chi connectivity index (χ4v) is 4.78. The third-order valence-electron chi connectivity index (χ3n) is 3.75. The quantitative estimate of drug-likeness (QED) is 0.167. The summed E-state index contributed by atoms with van der Waals surface area (Å²) in [6.07, 6.45) is 0. The number of hydrogen-bond donors (Lipinski definition) is 3. The van der Waals surface area contributed by atoms with Gasteiger partial charge in [-0.15, -0.1) is 35.3 Å². The predicted octanol–water partition coefficient (Wildman–Crippen LogP) is 4.17. The van der Waals surface area contributed by atoms with Gasteiger partial charge in [-0.05, 0) is 43.3 Å². The number of rotatable bonds is 8. The van der Waals surface area contributed by atoms with E-state index in [1.165, 1.54) is 11.3 Å². The van der Waals surface area contributed by atoms with Gasteiger partial charge in [0.15, 0.2) is 5.96 Å². The molecule has 0 aliphatic heterocycles. The van der Waals surface area contributed by atoms with Crippen molar-refractivity contribution in [2.24, 2.45) is 10.7 Å². The molecule has 0 amide bonds. The molecule has 2 aromatic carbocycles. The lowest BCUT2D eigenvalue weighted by molar-refractivity contribution is 0.483. The standard InChI is InChI=1S/C20H22N4O3S2.HI/c1-15-10-11-19(28-15)29(25,26)23-13-12-22-20(21)24-16-6-5-9-18(14-16)27-17-7-3-2-4-8-17;/h2-11,14,23H,12-13H2,1H3,(H3,21,22,24);1H. The second kappa shape index (κ2) is 11.3. The molecule has 30 heavy (non-hydrogen) atoms. The molecule has 0 bridgehead atoms. The van der Waals surface area contributed by atoms with Crippen LogP contribution in [0.3, 0.4) is 0 Å². The van der Waals surface area contributed by atoms with E-state index in [2.05, 4.69) is 15.0 Å². The lowest BCUT2D eigenvalue weighted by atomic mass is 10.3. The van der Waals surface area contributed by atoms with Gasteiger partial charge in [0.1, 0.15) is 15.7 Å². The highest BCUT2D eigenvalue weighted by Gasteiger charge is 2.14. The molecule has 0 atom stereocenters. The first kappa shape index (κ1) is 24.1. The number of nitrogens with one attached hydrogen (secondary N) is 2. The van der Waals surface area contributed by atoms with Crippen molar-refractivity contribution in [1.82, 2.24) is 4.72 Å². The minimum atomic E-state index is -3.51. The molecule has 1 heterocycles. The molecular formula is C20H23IN4O3S2. The summed E-state index contributed by atoms with van der Waals surface area (Å²) < 4.78 is 32.9. The van der Waals surface area contributed by atoms with Crippen LogP contribution in [-0.2, 0) is 10.0 Å². The number of aliphatic imine (C=N–C) groups is 1. The fraction of sp³-hybridized carbons (Fsp3) is 0.150. The van der Waals surface area contributed by atoms with Gasteiger partial charge in [0.25, 0.3) is 0 Å². The molecule has 0 saturated carbocycles. The van der Waals surface area contributed by atoms with Gasteiger partial charge in [0.2, 0.25) is 10.0 Å². The molecule has 4 N–H and O–H groups in total. The summed E-state index contributed by atoms with van der Waals surface area (Å²) in [7, 11) is -3.51. The summed E-state index contributed by atoms with van der Waals surface area (Å²) in [6, 6.07) is 20.1. The van der Waals surface area contributed by atoms with Crippen LogP contribution in [0, 0.1) is 6.92 Å². The van der Waals surface area contributed by atoms with Crippen LogP contribution in [-0.4, -0.2) is 27.5 Å². The Labute approximate surface area is 197 Å². The van der Waals surface area contributed by atoms with Gasteiger partial charge in [-0.1, -0.05) is 24.3 Å². The average Bonchev–Trinajstić information content (AvgIpc) is 3.14. The molecule has 3 aromatic rings. The van der Waals surface area contributed by atoms with Crippen molar-refractivity contribution >= 4 is 57.0 Å². The van der Waals surface area contributed by atoms with E-state index in [1.807, 2.05) is 55.5 Å². The molecule has 0 spiro atoms. The molecule has 10 heteroatoms. The number of nitrogens with two attached hydrogens (primary N) is 1. The van der Waals surface area contributed by atoms with E-state index < -0.39 is 10.0 Å². The largest absolute Gasteiger partial charge is 0.457 e. The minimum Gasteiger partial charge on any atom is -0.457 e. The number of halogens is 1. The number of aryl methyl sites for hydroxylation is 1. The van der Waals surface area contributed by atoms with Gasteiger partial charge in [-0.3, -0.25) is 4.99 Å². The average molecular weight is 558 g/mol. The molecule has 0 aliphatic carbocycles. The van der Waals surface area contributed by atoms with Gasteiger partial charge >= 0.3 is 0 Å². The van der Waals surface area contributed by atoms with E-state index in [9.17, 15) is 8.42 Å². The van der Waals surface area contributed by atoms with Crippen LogP contribution in [0.15, 0.2) is 75.9 Å². The van der Waals surface area contributed by atoms with Gasteiger partial charge in [0.05, 0.1) is 6.54 Å². The molecular weight excluding hydrogens is 535 g/mol. The van der Waals surface area contributed by atoms with E-state index >= 15 is 0 Å². The smallest absolute Gasteiger partial charge is 0.250 e. The van der Waals surface area contributed by atoms with Gasteiger partial charge in [0, 0.05) is 23.2 Å². The first-order valence-corrected chi connectivity index (χ1v) is 11.2. The Morgan fingerprint density at radius 3 is 2.50 bits per heavy atom. The van der Waals surface area contributed by atoms with Gasteiger partial charge in [-0.25, -0.2) is 13.1 Å². The number of ether oxygens (including phenoxy) is 1.